The van der Waals surface area contributed by atoms with Crippen LogP contribution < -0.4 is 0 Å². The highest BCUT2D eigenvalue weighted by Crippen LogP contribution is 2.49. The van der Waals surface area contributed by atoms with E-state index >= 15 is 0 Å². The molecule has 1 fully saturated rings. The Morgan fingerprint density at radius 2 is 2.05 bits per heavy atom. The van der Waals surface area contributed by atoms with E-state index in [-0.39, 0.29) is 27.1 Å². The second-order valence-electron chi connectivity index (χ2n) is 7.39. The lowest BCUT2D eigenvalue weighted by atomic mass is 9.61. The fraction of sp³-hybridized carbons (Fsp3) is 0.765. The number of thioether (sulfide) groups is 1. The van der Waals surface area contributed by atoms with E-state index in [0.29, 0.717) is 12.2 Å². The molecular formula is C17H26O2S. The van der Waals surface area contributed by atoms with Gasteiger partial charge in [0.25, 0.3) is 0 Å². The SMILES string of the molecule is CC(C)(C)SC(=O)[C@@H]1CC=CC[C@@]2(C)C(=O)CCC[C@H]12. The summed E-state index contributed by atoms with van der Waals surface area (Å²) in [5.74, 6) is 0.590. The van der Waals surface area contributed by atoms with Gasteiger partial charge in [0.15, 0.2) is 5.12 Å². The summed E-state index contributed by atoms with van der Waals surface area (Å²) in [6, 6.07) is 0. The molecule has 2 aliphatic carbocycles. The fourth-order valence-electron chi connectivity index (χ4n) is 3.58. The van der Waals surface area contributed by atoms with Crippen LogP contribution in [-0.4, -0.2) is 15.6 Å². The van der Waals surface area contributed by atoms with Gasteiger partial charge >= 0.3 is 0 Å². The second-order valence-corrected chi connectivity index (χ2v) is 9.22. The van der Waals surface area contributed by atoms with Crippen LogP contribution in [0.5, 0.6) is 0 Å². The van der Waals surface area contributed by atoms with E-state index in [0.717, 1.165) is 25.7 Å². The molecule has 0 aromatic rings. The molecule has 2 aliphatic rings. The van der Waals surface area contributed by atoms with Crippen molar-refractivity contribution in [3.63, 3.8) is 0 Å². The third-order valence-corrected chi connectivity index (χ3v) is 5.78. The highest BCUT2D eigenvalue weighted by molar-refractivity contribution is 8.14. The lowest BCUT2D eigenvalue weighted by molar-refractivity contribution is -0.137. The molecule has 0 aliphatic heterocycles. The largest absolute Gasteiger partial charge is 0.299 e. The van der Waals surface area contributed by atoms with Crippen LogP contribution in [0.15, 0.2) is 12.2 Å². The number of ketones is 1. The van der Waals surface area contributed by atoms with Crippen molar-refractivity contribution >= 4 is 22.7 Å². The van der Waals surface area contributed by atoms with Crippen molar-refractivity contribution in [2.45, 2.75) is 64.5 Å². The molecule has 0 radical (unpaired) electrons. The average molecular weight is 294 g/mol. The van der Waals surface area contributed by atoms with E-state index in [1.165, 1.54) is 11.8 Å². The summed E-state index contributed by atoms with van der Waals surface area (Å²) < 4.78 is -0.0534. The van der Waals surface area contributed by atoms with Crippen LogP contribution in [-0.2, 0) is 9.59 Å². The topological polar surface area (TPSA) is 34.1 Å². The normalized spacial score (nSPS) is 34.5. The lowest BCUT2D eigenvalue weighted by Gasteiger charge is -2.42. The molecule has 2 nitrogen and oxygen atoms in total. The number of rotatable bonds is 1. The van der Waals surface area contributed by atoms with Crippen molar-refractivity contribution in [3.8, 4) is 0 Å². The zero-order valence-corrected chi connectivity index (χ0v) is 13.9. The van der Waals surface area contributed by atoms with Crippen LogP contribution in [0.1, 0.15) is 59.8 Å². The molecule has 112 valence electrons. The van der Waals surface area contributed by atoms with Gasteiger partial charge < -0.3 is 0 Å². The van der Waals surface area contributed by atoms with Gasteiger partial charge in [-0.25, -0.2) is 0 Å². The zero-order valence-electron chi connectivity index (χ0n) is 13.1. The van der Waals surface area contributed by atoms with E-state index in [4.69, 9.17) is 0 Å². The minimum atomic E-state index is -0.315. The second kappa shape index (κ2) is 5.67. The average Bonchev–Trinajstić information content (AvgIpc) is 2.48. The zero-order chi connectivity index (χ0) is 15.0. The van der Waals surface area contributed by atoms with Gasteiger partial charge in [-0.1, -0.05) is 51.6 Å². The quantitative estimate of drug-likeness (QED) is 0.673. The van der Waals surface area contributed by atoms with Crippen LogP contribution in [0, 0.1) is 17.3 Å². The Bertz CT molecular complexity index is 433. The summed E-state index contributed by atoms with van der Waals surface area (Å²) in [6.45, 7) is 8.31. The first-order chi connectivity index (χ1) is 9.24. The standard InChI is InChI=1S/C17H26O2S/c1-16(2,3)20-15(19)12-8-5-6-11-17(4)13(12)9-7-10-14(17)18/h5-6,12-13H,7-11H2,1-4H3/t12-,13-,17-/m1/s1. The van der Waals surface area contributed by atoms with Gasteiger partial charge in [0.1, 0.15) is 5.78 Å². The molecule has 3 heteroatoms. The van der Waals surface area contributed by atoms with Crippen molar-refractivity contribution in [2.24, 2.45) is 17.3 Å². The van der Waals surface area contributed by atoms with Crippen molar-refractivity contribution in [2.75, 3.05) is 0 Å². The molecule has 3 atom stereocenters. The first-order valence-electron chi connectivity index (χ1n) is 7.65. The van der Waals surface area contributed by atoms with Crippen LogP contribution in [0.2, 0.25) is 0 Å². The number of Topliss-reactive ketones (excluding diaryl/α,β-unsaturated/α-hetero) is 1. The maximum absolute atomic E-state index is 12.7. The van der Waals surface area contributed by atoms with Crippen LogP contribution in [0.4, 0.5) is 0 Å². The molecule has 2 rings (SSSR count). The predicted molar refractivity (Wildman–Crippen MR) is 84.7 cm³/mol. The summed E-state index contributed by atoms with van der Waals surface area (Å²) in [7, 11) is 0. The monoisotopic (exact) mass is 294 g/mol. The maximum Gasteiger partial charge on any atom is 0.193 e. The summed E-state index contributed by atoms with van der Waals surface area (Å²) in [5, 5.41) is 0.273. The Labute approximate surface area is 126 Å². The minimum absolute atomic E-state index is 0.00669. The molecule has 0 spiro atoms. The highest BCUT2D eigenvalue weighted by Gasteiger charge is 2.48. The molecule has 1 saturated carbocycles. The van der Waals surface area contributed by atoms with Crippen molar-refractivity contribution in [3.05, 3.63) is 12.2 Å². The molecule has 20 heavy (non-hydrogen) atoms. The summed E-state index contributed by atoms with van der Waals surface area (Å²) in [5.41, 5.74) is -0.315. The number of hydrogen-bond acceptors (Lipinski definition) is 3. The smallest absolute Gasteiger partial charge is 0.193 e. The number of allylic oxidation sites excluding steroid dienone is 2. The minimum Gasteiger partial charge on any atom is -0.299 e. The Morgan fingerprint density at radius 3 is 2.70 bits per heavy atom. The summed E-state index contributed by atoms with van der Waals surface area (Å²) >= 11 is 1.44. The Kier molecular flexibility index (Phi) is 4.48. The molecule has 0 saturated heterocycles. The Hall–Kier alpha value is -0.570. The number of carbonyl (C=O) groups is 2. The van der Waals surface area contributed by atoms with Gasteiger partial charge in [-0.2, -0.15) is 0 Å². The summed E-state index contributed by atoms with van der Waals surface area (Å²) in [4.78, 5) is 25.1. The van der Waals surface area contributed by atoms with Gasteiger partial charge in [0, 0.05) is 22.5 Å². The lowest BCUT2D eigenvalue weighted by Crippen LogP contribution is -2.44. The van der Waals surface area contributed by atoms with Gasteiger partial charge in [-0.05, 0) is 31.6 Å². The third-order valence-electron chi connectivity index (χ3n) is 4.67. The van der Waals surface area contributed by atoms with Gasteiger partial charge in [-0.15, -0.1) is 0 Å². The fourth-order valence-corrected chi connectivity index (χ4v) is 4.59. The molecular weight excluding hydrogens is 268 g/mol. The van der Waals surface area contributed by atoms with E-state index in [1.807, 2.05) is 0 Å². The Balaban J connectivity index is 2.25. The van der Waals surface area contributed by atoms with Crippen LogP contribution in [0.3, 0.4) is 0 Å². The van der Waals surface area contributed by atoms with Gasteiger partial charge in [0.2, 0.25) is 0 Å². The van der Waals surface area contributed by atoms with Gasteiger partial charge in [0.05, 0.1) is 0 Å². The van der Waals surface area contributed by atoms with Crippen LogP contribution in [0.25, 0.3) is 0 Å². The third kappa shape index (κ3) is 3.19. The Morgan fingerprint density at radius 1 is 1.35 bits per heavy atom. The highest BCUT2D eigenvalue weighted by atomic mass is 32.2. The summed E-state index contributed by atoms with van der Waals surface area (Å²) in [6.07, 6.45) is 8.49. The van der Waals surface area contributed by atoms with Crippen molar-refractivity contribution in [1.82, 2.24) is 0 Å². The number of hydrogen-bond donors (Lipinski definition) is 0. The van der Waals surface area contributed by atoms with Crippen molar-refractivity contribution < 1.29 is 9.59 Å². The molecule has 0 amide bonds. The van der Waals surface area contributed by atoms with Crippen molar-refractivity contribution in [1.29, 1.82) is 0 Å². The van der Waals surface area contributed by atoms with E-state index in [9.17, 15) is 9.59 Å². The number of carbonyl (C=O) groups excluding carboxylic acids is 2. The molecule has 0 aromatic heterocycles. The van der Waals surface area contributed by atoms with Gasteiger partial charge in [-0.3, -0.25) is 9.59 Å². The van der Waals surface area contributed by atoms with E-state index in [1.54, 1.807) is 0 Å². The predicted octanol–water partition coefficient (Wildman–Crippen LogP) is 4.39. The van der Waals surface area contributed by atoms with E-state index < -0.39 is 0 Å². The molecule has 0 aromatic carbocycles. The molecule has 0 N–H and O–H groups in total. The maximum atomic E-state index is 12.7. The molecule has 0 bridgehead atoms. The van der Waals surface area contributed by atoms with E-state index in [2.05, 4.69) is 39.8 Å². The first kappa shape index (κ1) is 15.8. The first-order valence-corrected chi connectivity index (χ1v) is 8.47. The number of fused-ring (bicyclic) bond motifs is 1. The molecule has 0 heterocycles. The van der Waals surface area contributed by atoms with Crippen LogP contribution >= 0.6 is 11.8 Å². The molecule has 0 unspecified atom stereocenters.